The number of amides is 1. The van der Waals surface area contributed by atoms with Crippen molar-refractivity contribution in [2.45, 2.75) is 70.2 Å². The van der Waals surface area contributed by atoms with Crippen molar-refractivity contribution in [3.05, 3.63) is 0 Å². The first-order chi connectivity index (χ1) is 9.81. The van der Waals surface area contributed by atoms with Crippen LogP contribution in [0.4, 0.5) is 4.79 Å². The Morgan fingerprint density at radius 1 is 1.24 bits per heavy atom. The van der Waals surface area contributed by atoms with Gasteiger partial charge in [0.05, 0.1) is 7.11 Å². The lowest BCUT2D eigenvalue weighted by molar-refractivity contribution is -0.147. The maximum absolute atomic E-state index is 12.6. The molecule has 1 aliphatic heterocycles. The number of fused-ring (bicyclic) bond motifs is 2. The smallest absolute Gasteiger partial charge is 0.411 e. The van der Waals surface area contributed by atoms with Crippen LogP contribution in [-0.2, 0) is 14.3 Å². The van der Waals surface area contributed by atoms with Crippen molar-refractivity contribution in [2.75, 3.05) is 13.7 Å². The van der Waals surface area contributed by atoms with Crippen molar-refractivity contribution in [1.82, 2.24) is 10.2 Å². The van der Waals surface area contributed by atoms with E-state index < -0.39 is 17.7 Å². The van der Waals surface area contributed by atoms with Crippen LogP contribution in [0.5, 0.6) is 0 Å². The molecule has 3 unspecified atom stereocenters. The van der Waals surface area contributed by atoms with Gasteiger partial charge < -0.3 is 14.8 Å². The summed E-state index contributed by atoms with van der Waals surface area (Å²) in [6.45, 7) is 5.92. The van der Waals surface area contributed by atoms with E-state index in [-0.39, 0.29) is 12.0 Å². The normalized spacial score (nSPS) is 29.5. The van der Waals surface area contributed by atoms with Crippen molar-refractivity contribution in [3.8, 4) is 0 Å². The molecule has 1 aliphatic carbocycles. The summed E-state index contributed by atoms with van der Waals surface area (Å²) in [5.74, 6) is -0.388. The average molecular weight is 298 g/mol. The molecule has 2 rings (SSSR count). The highest BCUT2D eigenvalue weighted by molar-refractivity contribution is 5.82. The predicted molar refractivity (Wildman–Crippen MR) is 77.9 cm³/mol. The fourth-order valence-electron chi connectivity index (χ4n) is 3.16. The van der Waals surface area contributed by atoms with Crippen molar-refractivity contribution in [2.24, 2.45) is 0 Å². The topological polar surface area (TPSA) is 67.9 Å². The second-order valence-electron chi connectivity index (χ2n) is 6.85. The first kappa shape index (κ1) is 16.1. The molecule has 2 aliphatic rings. The Labute approximate surface area is 126 Å². The largest absolute Gasteiger partial charge is 0.467 e. The summed E-state index contributed by atoms with van der Waals surface area (Å²) >= 11 is 0. The highest BCUT2D eigenvalue weighted by Crippen LogP contribution is 2.29. The molecular weight excluding hydrogens is 272 g/mol. The predicted octanol–water partition coefficient (Wildman–Crippen LogP) is 1.68. The van der Waals surface area contributed by atoms with Gasteiger partial charge in [-0.05, 0) is 46.5 Å². The summed E-state index contributed by atoms with van der Waals surface area (Å²) < 4.78 is 10.4. The van der Waals surface area contributed by atoms with E-state index in [0.29, 0.717) is 12.6 Å². The summed E-state index contributed by atoms with van der Waals surface area (Å²) in [7, 11) is 1.35. The van der Waals surface area contributed by atoms with Crippen molar-refractivity contribution in [3.63, 3.8) is 0 Å². The standard InChI is InChI=1S/C15H26N2O4/c1-15(2,3)21-14(19)17-11-7-5-6-10(8-11)16-9-12(17)13(18)20-4/h10-12,16H,5-9H2,1-4H3. The van der Waals surface area contributed by atoms with Crippen LogP contribution in [0.15, 0.2) is 0 Å². The van der Waals surface area contributed by atoms with Crippen LogP contribution in [-0.4, -0.2) is 54.3 Å². The molecule has 0 spiro atoms. The van der Waals surface area contributed by atoms with E-state index >= 15 is 0 Å². The second kappa shape index (κ2) is 6.22. The van der Waals surface area contributed by atoms with E-state index in [9.17, 15) is 9.59 Å². The van der Waals surface area contributed by atoms with Crippen LogP contribution in [0.1, 0.15) is 46.5 Å². The number of ether oxygens (including phenoxy) is 2. The van der Waals surface area contributed by atoms with Gasteiger partial charge in [-0.3, -0.25) is 4.90 Å². The van der Waals surface area contributed by atoms with Gasteiger partial charge in [-0.25, -0.2) is 9.59 Å². The lowest BCUT2D eigenvalue weighted by Gasteiger charge is -2.37. The maximum atomic E-state index is 12.6. The Bertz CT molecular complexity index is 405. The zero-order valence-corrected chi connectivity index (χ0v) is 13.3. The molecule has 6 nitrogen and oxygen atoms in total. The minimum absolute atomic E-state index is 0.0395. The van der Waals surface area contributed by atoms with E-state index in [1.54, 1.807) is 4.90 Å². The van der Waals surface area contributed by atoms with Crippen molar-refractivity contribution >= 4 is 12.1 Å². The summed E-state index contributed by atoms with van der Waals surface area (Å²) in [6.07, 6.45) is 3.49. The molecular formula is C15H26N2O4. The number of carbonyl (C=O) groups is 2. The highest BCUT2D eigenvalue weighted by Gasteiger charge is 2.42. The van der Waals surface area contributed by atoms with Gasteiger partial charge >= 0.3 is 12.1 Å². The zero-order valence-electron chi connectivity index (χ0n) is 13.3. The Morgan fingerprint density at radius 3 is 2.57 bits per heavy atom. The van der Waals surface area contributed by atoms with Gasteiger partial charge in [-0.2, -0.15) is 0 Å². The first-order valence-electron chi connectivity index (χ1n) is 7.64. The molecule has 6 heteroatoms. The van der Waals surface area contributed by atoms with Crippen LogP contribution in [0.2, 0.25) is 0 Å². The summed E-state index contributed by atoms with van der Waals surface area (Å²) in [4.78, 5) is 26.2. The van der Waals surface area contributed by atoms with Gasteiger partial charge in [0.15, 0.2) is 0 Å². The molecule has 1 saturated carbocycles. The number of nitrogens with one attached hydrogen (secondary N) is 1. The van der Waals surface area contributed by atoms with Gasteiger partial charge in [0.1, 0.15) is 11.6 Å². The Morgan fingerprint density at radius 2 is 1.95 bits per heavy atom. The molecule has 1 amide bonds. The van der Waals surface area contributed by atoms with Gasteiger partial charge in [-0.1, -0.05) is 0 Å². The van der Waals surface area contributed by atoms with Crippen LogP contribution < -0.4 is 5.32 Å². The number of carbonyl (C=O) groups excluding carboxylic acids is 2. The molecule has 21 heavy (non-hydrogen) atoms. The van der Waals surface area contributed by atoms with Crippen LogP contribution in [0.3, 0.4) is 0 Å². The fourth-order valence-corrected chi connectivity index (χ4v) is 3.16. The monoisotopic (exact) mass is 298 g/mol. The van der Waals surface area contributed by atoms with E-state index in [0.717, 1.165) is 25.7 Å². The van der Waals surface area contributed by atoms with Gasteiger partial charge in [-0.15, -0.1) is 0 Å². The Hall–Kier alpha value is -1.30. The van der Waals surface area contributed by atoms with Gasteiger partial charge in [0.25, 0.3) is 0 Å². The van der Waals surface area contributed by atoms with Crippen molar-refractivity contribution in [1.29, 1.82) is 0 Å². The van der Waals surface area contributed by atoms with Gasteiger partial charge in [0.2, 0.25) is 0 Å². The number of nitrogens with zero attached hydrogens (tertiary/aromatic N) is 1. The van der Waals surface area contributed by atoms with E-state index in [1.165, 1.54) is 7.11 Å². The average Bonchev–Trinajstić information content (AvgIpc) is 2.52. The van der Waals surface area contributed by atoms with E-state index in [2.05, 4.69) is 5.32 Å². The molecule has 1 heterocycles. The van der Waals surface area contributed by atoms with E-state index in [4.69, 9.17) is 9.47 Å². The Kier molecular flexibility index (Phi) is 4.76. The first-order valence-corrected chi connectivity index (χ1v) is 7.64. The summed E-state index contributed by atoms with van der Waals surface area (Å²) in [5, 5.41) is 3.38. The van der Waals surface area contributed by atoms with E-state index in [1.807, 2.05) is 20.8 Å². The molecule has 0 aromatic heterocycles. The quantitative estimate of drug-likeness (QED) is 0.746. The molecule has 3 atom stereocenters. The molecule has 0 radical (unpaired) electrons. The lowest BCUT2D eigenvalue weighted by Crippen LogP contribution is -2.54. The summed E-state index contributed by atoms with van der Waals surface area (Å²) in [6, 6.07) is -0.209. The number of hydrogen-bond acceptors (Lipinski definition) is 5. The third-order valence-corrected chi connectivity index (χ3v) is 4.05. The molecule has 1 saturated heterocycles. The minimum atomic E-state index is -0.613. The molecule has 2 fully saturated rings. The highest BCUT2D eigenvalue weighted by atomic mass is 16.6. The molecule has 2 bridgehead atoms. The number of esters is 1. The zero-order chi connectivity index (χ0) is 15.6. The maximum Gasteiger partial charge on any atom is 0.411 e. The third kappa shape index (κ3) is 3.87. The Balaban J connectivity index is 2.24. The lowest BCUT2D eigenvalue weighted by atomic mass is 9.90. The third-order valence-electron chi connectivity index (χ3n) is 4.05. The molecule has 0 aromatic rings. The summed E-state index contributed by atoms with van der Waals surface area (Å²) in [5.41, 5.74) is -0.578. The fraction of sp³-hybridized carbons (Fsp3) is 0.867. The number of methoxy groups -OCH3 is 1. The van der Waals surface area contributed by atoms with Crippen LogP contribution in [0.25, 0.3) is 0 Å². The molecule has 0 aromatic carbocycles. The van der Waals surface area contributed by atoms with Crippen LogP contribution in [0, 0.1) is 0 Å². The second-order valence-corrected chi connectivity index (χ2v) is 6.85. The molecule has 1 N–H and O–H groups in total. The number of rotatable bonds is 1. The SMILES string of the molecule is COC(=O)C1CNC2CCCC(C2)N1C(=O)OC(C)(C)C. The number of hydrogen-bond donors (Lipinski definition) is 1. The van der Waals surface area contributed by atoms with Crippen molar-refractivity contribution < 1.29 is 19.1 Å². The molecule has 120 valence electrons. The minimum Gasteiger partial charge on any atom is -0.467 e. The van der Waals surface area contributed by atoms with Crippen LogP contribution >= 0.6 is 0 Å². The van der Waals surface area contributed by atoms with Gasteiger partial charge in [0, 0.05) is 18.6 Å².